The molecule has 3 aromatic rings. The average molecular weight is 381 g/mol. The van der Waals surface area contributed by atoms with Gasteiger partial charge in [-0.2, -0.15) is 0 Å². The average Bonchev–Trinajstić information content (AvgIpc) is 3.22. The number of hydrogen-bond acceptors (Lipinski definition) is 7. The fourth-order valence-corrected chi connectivity index (χ4v) is 3.70. The summed E-state index contributed by atoms with van der Waals surface area (Å²) in [5, 5.41) is 10.1. The third-order valence-electron chi connectivity index (χ3n) is 4.52. The second-order valence-electron chi connectivity index (χ2n) is 6.35. The number of carbonyl (C=O) groups excluding carboxylic acids is 1. The van der Waals surface area contributed by atoms with Crippen LogP contribution >= 0.6 is 11.3 Å². The van der Waals surface area contributed by atoms with E-state index in [-0.39, 0.29) is 11.7 Å². The maximum absolute atomic E-state index is 12.5. The van der Waals surface area contributed by atoms with Crippen LogP contribution in [0.5, 0.6) is 5.75 Å². The van der Waals surface area contributed by atoms with Crippen molar-refractivity contribution in [3.63, 3.8) is 0 Å². The number of para-hydroxylation sites is 1. The van der Waals surface area contributed by atoms with Crippen molar-refractivity contribution in [1.29, 1.82) is 0 Å². The minimum absolute atomic E-state index is 0.0333. The van der Waals surface area contributed by atoms with Crippen molar-refractivity contribution in [2.45, 2.75) is 6.92 Å². The third-order valence-corrected chi connectivity index (χ3v) is 5.28. The first-order valence-electron chi connectivity index (χ1n) is 8.68. The van der Waals surface area contributed by atoms with Gasteiger partial charge in [0.15, 0.2) is 5.82 Å². The molecular formula is C19H19N5O2S. The van der Waals surface area contributed by atoms with Crippen LogP contribution in [0.1, 0.15) is 15.4 Å². The first-order valence-corrected chi connectivity index (χ1v) is 9.56. The Balaban J connectivity index is 1.52. The van der Waals surface area contributed by atoms with Crippen molar-refractivity contribution < 1.29 is 9.90 Å². The van der Waals surface area contributed by atoms with Gasteiger partial charge < -0.3 is 14.9 Å². The molecule has 1 N–H and O–H groups in total. The Morgan fingerprint density at radius 1 is 1.15 bits per heavy atom. The number of aromatic nitrogens is 3. The molecule has 1 saturated heterocycles. The molecular weight excluding hydrogens is 362 g/mol. The van der Waals surface area contributed by atoms with Gasteiger partial charge in [0.1, 0.15) is 16.4 Å². The van der Waals surface area contributed by atoms with Gasteiger partial charge in [0, 0.05) is 37.9 Å². The lowest BCUT2D eigenvalue weighted by molar-refractivity contribution is 0.0751. The van der Waals surface area contributed by atoms with Crippen LogP contribution in [-0.2, 0) is 0 Å². The summed E-state index contributed by atoms with van der Waals surface area (Å²) >= 11 is 1.36. The Kier molecular flexibility index (Phi) is 4.72. The predicted molar refractivity (Wildman–Crippen MR) is 104 cm³/mol. The molecule has 1 fully saturated rings. The van der Waals surface area contributed by atoms with E-state index in [1.165, 1.54) is 11.3 Å². The highest BCUT2D eigenvalue weighted by atomic mass is 32.1. The topological polar surface area (TPSA) is 82.5 Å². The van der Waals surface area contributed by atoms with Gasteiger partial charge in [-0.25, -0.2) is 9.97 Å². The Labute approximate surface area is 161 Å². The number of aryl methyl sites for hydroxylation is 1. The number of carbonyl (C=O) groups is 1. The number of nitrogens with zero attached hydrogens (tertiary/aromatic N) is 5. The van der Waals surface area contributed by atoms with E-state index >= 15 is 0 Å². The minimum atomic E-state index is 0.0333. The molecule has 8 heteroatoms. The van der Waals surface area contributed by atoms with Gasteiger partial charge in [-0.1, -0.05) is 12.1 Å². The number of thiazole rings is 1. The van der Waals surface area contributed by atoms with Crippen molar-refractivity contribution in [1.82, 2.24) is 19.9 Å². The molecule has 1 aliphatic rings. The molecule has 2 aromatic heterocycles. The first-order chi connectivity index (χ1) is 13.1. The van der Waals surface area contributed by atoms with Crippen LogP contribution in [0.15, 0.2) is 42.0 Å². The zero-order valence-electron chi connectivity index (χ0n) is 14.9. The highest BCUT2D eigenvalue weighted by molar-refractivity contribution is 7.11. The van der Waals surface area contributed by atoms with E-state index in [1.807, 2.05) is 24.0 Å². The summed E-state index contributed by atoms with van der Waals surface area (Å²) in [7, 11) is 0. The molecule has 0 bridgehead atoms. The van der Waals surface area contributed by atoms with E-state index < -0.39 is 0 Å². The second-order valence-corrected chi connectivity index (χ2v) is 7.24. The maximum Gasteiger partial charge on any atom is 0.265 e. The number of phenols is 1. The monoisotopic (exact) mass is 381 g/mol. The number of rotatable bonds is 3. The molecule has 1 aliphatic heterocycles. The first kappa shape index (κ1) is 17.4. The lowest BCUT2D eigenvalue weighted by atomic mass is 10.2. The molecule has 0 spiro atoms. The van der Waals surface area contributed by atoms with Crippen molar-refractivity contribution in [2.75, 3.05) is 31.1 Å². The third kappa shape index (κ3) is 3.61. The van der Waals surface area contributed by atoms with Crippen LogP contribution in [0.25, 0.3) is 11.4 Å². The van der Waals surface area contributed by atoms with Crippen LogP contribution in [0.3, 0.4) is 0 Å². The largest absolute Gasteiger partial charge is 0.507 e. The van der Waals surface area contributed by atoms with Crippen LogP contribution < -0.4 is 4.90 Å². The number of benzene rings is 1. The van der Waals surface area contributed by atoms with E-state index in [1.54, 1.807) is 29.9 Å². The molecule has 0 unspecified atom stereocenters. The summed E-state index contributed by atoms with van der Waals surface area (Å²) in [6.07, 6.45) is 1.62. The second kappa shape index (κ2) is 7.32. The Morgan fingerprint density at radius 3 is 2.63 bits per heavy atom. The van der Waals surface area contributed by atoms with Gasteiger partial charge in [0.2, 0.25) is 0 Å². The highest BCUT2D eigenvalue weighted by Crippen LogP contribution is 2.28. The van der Waals surface area contributed by atoms with Gasteiger partial charge in [0.25, 0.3) is 5.91 Å². The Bertz CT molecular complexity index is 952. The smallest absolute Gasteiger partial charge is 0.265 e. The molecule has 0 aliphatic carbocycles. The van der Waals surface area contributed by atoms with E-state index in [4.69, 9.17) is 0 Å². The van der Waals surface area contributed by atoms with Gasteiger partial charge >= 0.3 is 0 Å². The molecule has 7 nitrogen and oxygen atoms in total. The van der Waals surface area contributed by atoms with Gasteiger partial charge in [-0.05, 0) is 19.1 Å². The number of aromatic hydroxyl groups is 1. The van der Waals surface area contributed by atoms with Gasteiger partial charge in [0.05, 0.1) is 17.3 Å². The molecule has 0 radical (unpaired) electrons. The summed E-state index contributed by atoms with van der Waals surface area (Å²) in [5.74, 6) is 1.51. The Hall–Kier alpha value is -3.00. The number of anilines is 1. The van der Waals surface area contributed by atoms with Crippen molar-refractivity contribution in [3.8, 4) is 17.1 Å². The lowest BCUT2D eigenvalue weighted by Crippen LogP contribution is -2.49. The Morgan fingerprint density at radius 2 is 1.93 bits per heavy atom. The highest BCUT2D eigenvalue weighted by Gasteiger charge is 2.24. The quantitative estimate of drug-likeness (QED) is 0.751. The summed E-state index contributed by atoms with van der Waals surface area (Å²) in [6.45, 7) is 4.57. The molecule has 4 rings (SSSR count). The van der Waals surface area contributed by atoms with Crippen LogP contribution in [0.2, 0.25) is 0 Å². The van der Waals surface area contributed by atoms with E-state index in [0.29, 0.717) is 42.4 Å². The molecule has 27 heavy (non-hydrogen) atoms. The van der Waals surface area contributed by atoms with E-state index in [0.717, 1.165) is 11.5 Å². The molecule has 1 amide bonds. The van der Waals surface area contributed by atoms with Gasteiger partial charge in [-0.15, -0.1) is 11.3 Å². The van der Waals surface area contributed by atoms with Crippen molar-refractivity contribution in [3.05, 3.63) is 52.6 Å². The van der Waals surface area contributed by atoms with Crippen LogP contribution in [-0.4, -0.2) is 57.0 Å². The number of amides is 1. The van der Waals surface area contributed by atoms with Crippen molar-refractivity contribution in [2.24, 2.45) is 0 Å². The zero-order chi connectivity index (χ0) is 18.8. The summed E-state index contributed by atoms with van der Waals surface area (Å²) in [5.41, 5.74) is 3.12. The molecule has 138 valence electrons. The van der Waals surface area contributed by atoms with Crippen LogP contribution in [0.4, 0.5) is 5.82 Å². The fourth-order valence-electron chi connectivity index (χ4n) is 3.11. The summed E-state index contributed by atoms with van der Waals surface area (Å²) in [6, 6.07) is 8.99. The lowest BCUT2D eigenvalue weighted by Gasteiger charge is -2.35. The summed E-state index contributed by atoms with van der Waals surface area (Å²) in [4.78, 5) is 30.2. The number of phenolic OH excluding ortho intramolecular Hbond substituents is 1. The maximum atomic E-state index is 12.5. The molecule has 0 saturated carbocycles. The normalized spacial score (nSPS) is 14.4. The predicted octanol–water partition coefficient (Wildman–Crippen LogP) is 2.58. The van der Waals surface area contributed by atoms with E-state index in [9.17, 15) is 9.90 Å². The van der Waals surface area contributed by atoms with Crippen LogP contribution in [0, 0.1) is 6.92 Å². The fraction of sp³-hybridized carbons (Fsp3) is 0.263. The number of piperazine rings is 1. The zero-order valence-corrected chi connectivity index (χ0v) is 15.7. The van der Waals surface area contributed by atoms with Crippen molar-refractivity contribution >= 4 is 23.1 Å². The van der Waals surface area contributed by atoms with Gasteiger partial charge in [-0.3, -0.25) is 9.78 Å². The standard InChI is InChI=1S/C19H19N5O2S/c1-13-10-17(22-18(21-13)14-4-2-3-5-15(14)25)23-6-8-24(9-7-23)19(26)16-11-20-12-27-16/h2-5,10-12,25H,6-9H2,1H3. The molecule has 3 heterocycles. The SMILES string of the molecule is Cc1cc(N2CCN(C(=O)c3cncs3)CC2)nc(-c2ccccc2O)n1. The minimum Gasteiger partial charge on any atom is -0.507 e. The molecule has 1 aromatic carbocycles. The summed E-state index contributed by atoms with van der Waals surface area (Å²) < 4.78 is 0. The number of hydrogen-bond donors (Lipinski definition) is 1. The van der Waals surface area contributed by atoms with E-state index in [2.05, 4.69) is 19.9 Å². The molecule has 0 atom stereocenters.